The molecule has 14 heavy (non-hydrogen) atoms. The summed E-state index contributed by atoms with van der Waals surface area (Å²) in [7, 11) is 2.00. The van der Waals surface area contributed by atoms with Crippen molar-refractivity contribution >= 4 is 23.4 Å². The van der Waals surface area contributed by atoms with Crippen molar-refractivity contribution in [1.29, 1.82) is 0 Å². The third kappa shape index (κ3) is 3.50. The zero-order chi connectivity index (χ0) is 10.4. The SMILES string of the molecule is Cc1nnc(SCCCCCCl)n1C. The van der Waals surface area contributed by atoms with Gasteiger partial charge in [0.25, 0.3) is 0 Å². The van der Waals surface area contributed by atoms with Crippen LogP contribution >= 0.6 is 23.4 Å². The van der Waals surface area contributed by atoms with E-state index in [2.05, 4.69) is 10.2 Å². The highest BCUT2D eigenvalue weighted by Crippen LogP contribution is 2.17. The maximum Gasteiger partial charge on any atom is 0.190 e. The number of halogens is 1. The van der Waals surface area contributed by atoms with Gasteiger partial charge in [-0.1, -0.05) is 18.2 Å². The van der Waals surface area contributed by atoms with Crippen LogP contribution in [-0.4, -0.2) is 26.4 Å². The van der Waals surface area contributed by atoms with Gasteiger partial charge in [-0.3, -0.25) is 0 Å². The molecule has 5 heteroatoms. The Morgan fingerprint density at radius 2 is 2.07 bits per heavy atom. The minimum atomic E-state index is 0.772. The van der Waals surface area contributed by atoms with Gasteiger partial charge in [0.15, 0.2) is 5.16 Å². The summed E-state index contributed by atoms with van der Waals surface area (Å²) in [5.74, 6) is 2.84. The van der Waals surface area contributed by atoms with Crippen molar-refractivity contribution < 1.29 is 0 Å². The number of alkyl halides is 1. The molecule has 0 aliphatic carbocycles. The van der Waals surface area contributed by atoms with Crippen LogP contribution in [0.2, 0.25) is 0 Å². The number of nitrogens with zero attached hydrogens (tertiary/aromatic N) is 3. The van der Waals surface area contributed by atoms with E-state index in [4.69, 9.17) is 11.6 Å². The minimum Gasteiger partial charge on any atom is -0.309 e. The lowest BCUT2D eigenvalue weighted by molar-refractivity contribution is 0.756. The first-order valence-corrected chi connectivity index (χ1v) is 6.32. The summed E-state index contributed by atoms with van der Waals surface area (Å²) >= 11 is 7.36. The Morgan fingerprint density at radius 3 is 2.64 bits per heavy atom. The van der Waals surface area contributed by atoms with Crippen molar-refractivity contribution in [1.82, 2.24) is 14.8 Å². The Labute approximate surface area is 94.2 Å². The van der Waals surface area contributed by atoms with Crippen LogP contribution in [0.15, 0.2) is 5.16 Å². The molecule has 0 atom stereocenters. The van der Waals surface area contributed by atoms with Crippen molar-refractivity contribution in [2.45, 2.75) is 31.3 Å². The van der Waals surface area contributed by atoms with Crippen molar-refractivity contribution in [2.75, 3.05) is 11.6 Å². The molecule has 1 rings (SSSR count). The molecule has 0 bridgehead atoms. The van der Waals surface area contributed by atoms with Gasteiger partial charge >= 0.3 is 0 Å². The lowest BCUT2D eigenvalue weighted by atomic mass is 10.3. The number of thioether (sulfide) groups is 1. The number of aryl methyl sites for hydroxylation is 1. The first kappa shape index (κ1) is 11.9. The van der Waals surface area contributed by atoms with Gasteiger partial charge in [0.1, 0.15) is 5.82 Å². The summed E-state index contributed by atoms with van der Waals surface area (Å²) in [6.07, 6.45) is 3.51. The van der Waals surface area contributed by atoms with Gasteiger partial charge in [0, 0.05) is 18.7 Å². The number of rotatable bonds is 6. The lowest BCUT2D eigenvalue weighted by Crippen LogP contribution is -1.94. The summed E-state index contributed by atoms with van der Waals surface area (Å²) in [6.45, 7) is 1.96. The van der Waals surface area contributed by atoms with E-state index in [9.17, 15) is 0 Å². The van der Waals surface area contributed by atoms with Crippen LogP contribution in [0.1, 0.15) is 25.1 Å². The summed E-state index contributed by atoms with van der Waals surface area (Å²) in [5, 5.41) is 9.09. The molecule has 1 aromatic rings. The number of aromatic nitrogens is 3. The van der Waals surface area contributed by atoms with E-state index in [1.165, 1.54) is 12.8 Å². The van der Waals surface area contributed by atoms with E-state index < -0.39 is 0 Å². The maximum atomic E-state index is 5.59. The van der Waals surface area contributed by atoms with E-state index >= 15 is 0 Å². The smallest absolute Gasteiger partial charge is 0.190 e. The summed E-state index contributed by atoms with van der Waals surface area (Å²) in [5.41, 5.74) is 0. The second-order valence-corrected chi connectivity index (χ2v) is 4.63. The molecule has 0 N–H and O–H groups in total. The molecule has 0 saturated carbocycles. The Hall–Kier alpha value is -0.220. The normalized spacial score (nSPS) is 10.8. The standard InChI is InChI=1S/C9H16ClN3S/c1-8-11-12-9(13(8)2)14-7-5-3-4-6-10/h3-7H2,1-2H3. The Morgan fingerprint density at radius 1 is 1.29 bits per heavy atom. The summed E-state index contributed by atoms with van der Waals surface area (Å²) in [6, 6.07) is 0. The van der Waals surface area contributed by atoms with Crippen molar-refractivity contribution in [3.05, 3.63) is 5.82 Å². The minimum absolute atomic E-state index is 0.772. The van der Waals surface area contributed by atoms with Crippen LogP contribution in [0.3, 0.4) is 0 Å². The van der Waals surface area contributed by atoms with Crippen molar-refractivity contribution in [3.63, 3.8) is 0 Å². The zero-order valence-corrected chi connectivity index (χ0v) is 10.2. The molecule has 0 aliphatic rings. The van der Waals surface area contributed by atoms with Gasteiger partial charge in [0.05, 0.1) is 0 Å². The molecule has 0 radical (unpaired) electrons. The Kier molecular flexibility index (Phi) is 5.33. The predicted molar refractivity (Wildman–Crippen MR) is 61.0 cm³/mol. The molecule has 0 aromatic carbocycles. The summed E-state index contributed by atoms with van der Waals surface area (Å²) < 4.78 is 2.02. The van der Waals surface area contributed by atoms with Gasteiger partial charge < -0.3 is 4.57 Å². The first-order chi connectivity index (χ1) is 6.75. The average molecular weight is 234 g/mol. The predicted octanol–water partition coefficient (Wildman–Crippen LogP) is 2.62. The van der Waals surface area contributed by atoms with Gasteiger partial charge in [-0.15, -0.1) is 21.8 Å². The second-order valence-electron chi connectivity index (χ2n) is 3.19. The zero-order valence-electron chi connectivity index (χ0n) is 8.66. The molecular formula is C9H16ClN3S. The quantitative estimate of drug-likeness (QED) is 0.430. The van der Waals surface area contributed by atoms with Crippen LogP contribution in [0, 0.1) is 6.92 Å². The lowest BCUT2D eigenvalue weighted by Gasteiger charge is -2.00. The highest BCUT2D eigenvalue weighted by atomic mass is 35.5. The van der Waals surface area contributed by atoms with Gasteiger partial charge in [-0.25, -0.2) is 0 Å². The fourth-order valence-electron chi connectivity index (χ4n) is 1.05. The van der Waals surface area contributed by atoms with Crippen LogP contribution in [0.5, 0.6) is 0 Å². The maximum absolute atomic E-state index is 5.59. The molecule has 0 saturated heterocycles. The highest BCUT2D eigenvalue weighted by Gasteiger charge is 2.04. The van der Waals surface area contributed by atoms with Crippen LogP contribution in [0.4, 0.5) is 0 Å². The second kappa shape index (κ2) is 6.30. The summed E-state index contributed by atoms with van der Waals surface area (Å²) in [4.78, 5) is 0. The van der Waals surface area contributed by atoms with E-state index in [1.54, 1.807) is 11.8 Å². The highest BCUT2D eigenvalue weighted by molar-refractivity contribution is 7.99. The topological polar surface area (TPSA) is 30.7 Å². The van der Waals surface area contributed by atoms with Crippen LogP contribution < -0.4 is 0 Å². The van der Waals surface area contributed by atoms with Crippen LogP contribution in [0.25, 0.3) is 0 Å². The Balaban J connectivity index is 2.21. The van der Waals surface area contributed by atoms with Crippen molar-refractivity contribution in [2.24, 2.45) is 7.05 Å². The van der Waals surface area contributed by atoms with E-state index in [0.29, 0.717) is 0 Å². The molecule has 0 fully saturated rings. The van der Waals surface area contributed by atoms with Crippen LogP contribution in [-0.2, 0) is 7.05 Å². The molecule has 0 aliphatic heterocycles. The van der Waals surface area contributed by atoms with Crippen molar-refractivity contribution in [3.8, 4) is 0 Å². The molecule has 1 heterocycles. The molecule has 80 valence electrons. The molecular weight excluding hydrogens is 218 g/mol. The number of unbranched alkanes of at least 4 members (excludes halogenated alkanes) is 2. The first-order valence-electron chi connectivity index (χ1n) is 4.80. The Bertz CT molecular complexity index is 275. The van der Waals surface area contributed by atoms with E-state index in [0.717, 1.165) is 29.0 Å². The third-order valence-electron chi connectivity index (χ3n) is 2.06. The molecule has 0 spiro atoms. The third-order valence-corrected chi connectivity index (χ3v) is 3.44. The van der Waals surface area contributed by atoms with Gasteiger partial charge in [0.2, 0.25) is 0 Å². The van der Waals surface area contributed by atoms with E-state index in [1.807, 2.05) is 18.5 Å². The monoisotopic (exact) mass is 233 g/mol. The molecule has 3 nitrogen and oxygen atoms in total. The molecule has 1 aromatic heterocycles. The van der Waals surface area contributed by atoms with E-state index in [-0.39, 0.29) is 0 Å². The fraction of sp³-hybridized carbons (Fsp3) is 0.778. The molecule has 0 unspecified atom stereocenters. The fourth-order valence-corrected chi connectivity index (χ4v) is 2.19. The molecule has 0 amide bonds. The largest absolute Gasteiger partial charge is 0.309 e. The number of hydrogen-bond acceptors (Lipinski definition) is 3. The average Bonchev–Trinajstić information content (AvgIpc) is 2.49. The number of hydrogen-bond donors (Lipinski definition) is 0. The van der Waals surface area contributed by atoms with Gasteiger partial charge in [-0.2, -0.15) is 0 Å². The van der Waals surface area contributed by atoms with Gasteiger partial charge in [-0.05, 0) is 19.8 Å².